The van der Waals surface area contributed by atoms with Crippen LogP contribution in [0.25, 0.3) is 0 Å². The number of epoxide rings is 1. The van der Waals surface area contributed by atoms with E-state index in [0.29, 0.717) is 24.8 Å². The van der Waals surface area contributed by atoms with Gasteiger partial charge in [0.1, 0.15) is 6.04 Å². The molecule has 3 atom stereocenters. The predicted molar refractivity (Wildman–Crippen MR) is 106 cm³/mol. The first kappa shape index (κ1) is 25.2. The number of ketones is 1. The molecule has 0 bridgehead atoms. The van der Waals surface area contributed by atoms with Crippen LogP contribution in [0.5, 0.6) is 0 Å². The fourth-order valence-electron chi connectivity index (χ4n) is 2.85. The first-order valence-corrected chi connectivity index (χ1v) is 9.80. The van der Waals surface area contributed by atoms with Crippen LogP contribution in [0.4, 0.5) is 0 Å². The van der Waals surface area contributed by atoms with Gasteiger partial charge in [-0.1, -0.05) is 12.0 Å². The van der Waals surface area contributed by atoms with E-state index < -0.39 is 54.1 Å². The first-order valence-electron chi connectivity index (χ1n) is 9.80. The monoisotopic (exact) mass is 414 g/mol. The van der Waals surface area contributed by atoms with Crippen molar-refractivity contribution in [3.63, 3.8) is 0 Å². The Bertz CT molecular complexity index is 608. The van der Waals surface area contributed by atoms with Gasteiger partial charge in [-0.3, -0.25) is 14.4 Å². The van der Waals surface area contributed by atoms with Crippen LogP contribution in [0.3, 0.4) is 0 Å². The average molecular weight is 414 g/mol. The third-order valence-electron chi connectivity index (χ3n) is 4.66. The van der Waals surface area contributed by atoms with Gasteiger partial charge in [-0.2, -0.15) is 0 Å². The quantitative estimate of drug-likeness (QED) is 0.147. The van der Waals surface area contributed by atoms with Crippen molar-refractivity contribution >= 4 is 17.6 Å². The molecule has 0 radical (unpaired) electrons. The highest BCUT2D eigenvalue weighted by atomic mass is 16.6. The molecule has 9 heteroatoms. The molecule has 1 fully saturated rings. The number of nitrogens with one attached hydrogen (secondary N) is 2. The molecule has 0 spiro atoms. The molecule has 166 valence electrons. The number of amides is 2. The van der Waals surface area contributed by atoms with Crippen molar-refractivity contribution in [2.75, 3.05) is 19.8 Å². The lowest BCUT2D eigenvalue weighted by atomic mass is 9.94. The maximum absolute atomic E-state index is 12.6. The van der Waals surface area contributed by atoms with Crippen LogP contribution in [0.15, 0.2) is 12.2 Å². The second-order valence-corrected chi connectivity index (χ2v) is 8.35. The number of unbranched alkanes of at least 4 members (excludes halogenated alkanes) is 1. The molecule has 1 heterocycles. The lowest BCUT2D eigenvalue weighted by Crippen LogP contribution is -2.55. The summed E-state index contributed by atoms with van der Waals surface area (Å²) in [6, 6.07) is -2.19. The minimum atomic E-state index is -1.30. The number of carbonyl (C=O) groups excluding carboxylic acids is 3. The van der Waals surface area contributed by atoms with Crippen molar-refractivity contribution in [1.82, 2.24) is 10.6 Å². The second-order valence-electron chi connectivity index (χ2n) is 8.35. The molecule has 0 aromatic heterocycles. The van der Waals surface area contributed by atoms with Gasteiger partial charge in [-0.05, 0) is 40.0 Å². The molecule has 0 aromatic rings. The normalized spacial score (nSPS) is 20.5. The van der Waals surface area contributed by atoms with Crippen molar-refractivity contribution in [3.8, 4) is 0 Å². The van der Waals surface area contributed by atoms with E-state index in [1.54, 1.807) is 20.8 Å². The number of rotatable bonds is 14. The van der Waals surface area contributed by atoms with E-state index in [1.165, 1.54) is 0 Å². The molecule has 1 aliphatic heterocycles. The van der Waals surface area contributed by atoms with Crippen LogP contribution in [0.1, 0.15) is 52.9 Å². The predicted octanol–water partition coefficient (Wildman–Crippen LogP) is -0.424. The summed E-state index contributed by atoms with van der Waals surface area (Å²) in [5.74, 6) is -1.58. The lowest BCUT2D eigenvalue weighted by Gasteiger charge is -2.23. The highest BCUT2D eigenvalue weighted by Gasteiger charge is 2.54. The van der Waals surface area contributed by atoms with Crippen molar-refractivity contribution < 1.29 is 34.4 Å². The topological polar surface area (TPSA) is 148 Å². The molecule has 5 N–H and O–H groups in total. The zero-order valence-corrected chi connectivity index (χ0v) is 17.5. The third-order valence-corrected chi connectivity index (χ3v) is 4.66. The van der Waals surface area contributed by atoms with Gasteiger partial charge < -0.3 is 30.7 Å². The van der Waals surface area contributed by atoms with Crippen LogP contribution in [-0.2, 0) is 19.1 Å². The van der Waals surface area contributed by atoms with E-state index in [9.17, 15) is 29.7 Å². The zero-order valence-electron chi connectivity index (χ0n) is 17.5. The number of hydrogen-bond donors (Lipinski definition) is 5. The molecular weight excluding hydrogens is 380 g/mol. The first-order chi connectivity index (χ1) is 13.4. The van der Waals surface area contributed by atoms with Crippen molar-refractivity contribution in [2.24, 2.45) is 0 Å². The number of aliphatic hydroxyl groups excluding tert-OH is 2. The molecule has 2 amide bonds. The second kappa shape index (κ2) is 10.8. The van der Waals surface area contributed by atoms with Crippen molar-refractivity contribution in [2.45, 2.75) is 76.2 Å². The van der Waals surface area contributed by atoms with Gasteiger partial charge >= 0.3 is 0 Å². The Balaban J connectivity index is 2.61. The van der Waals surface area contributed by atoms with Gasteiger partial charge in [0.15, 0.2) is 11.4 Å². The molecule has 1 aliphatic rings. The summed E-state index contributed by atoms with van der Waals surface area (Å²) in [5, 5.41) is 33.5. The van der Waals surface area contributed by atoms with Crippen LogP contribution >= 0.6 is 0 Å². The number of hydrogen-bond acceptors (Lipinski definition) is 7. The summed E-state index contributed by atoms with van der Waals surface area (Å²) in [6.07, 6.45) is 2.02. The van der Waals surface area contributed by atoms with Gasteiger partial charge in [0.05, 0.1) is 31.5 Å². The summed E-state index contributed by atoms with van der Waals surface area (Å²) >= 11 is 0. The summed E-state index contributed by atoms with van der Waals surface area (Å²) in [6.45, 7) is 7.78. The van der Waals surface area contributed by atoms with E-state index in [1.807, 2.05) is 0 Å². The van der Waals surface area contributed by atoms with Gasteiger partial charge in [0, 0.05) is 6.42 Å². The number of ether oxygens (including phenoxy) is 1. The highest BCUT2D eigenvalue weighted by molar-refractivity contribution is 5.98. The molecule has 29 heavy (non-hydrogen) atoms. The average Bonchev–Trinajstić information content (AvgIpc) is 3.42. The third kappa shape index (κ3) is 8.61. The molecular formula is C20H34N2O7. The van der Waals surface area contributed by atoms with Crippen LogP contribution < -0.4 is 10.6 Å². The molecule has 0 saturated carbocycles. The van der Waals surface area contributed by atoms with Gasteiger partial charge in [-0.25, -0.2) is 0 Å². The van der Waals surface area contributed by atoms with E-state index in [-0.39, 0.29) is 19.4 Å². The van der Waals surface area contributed by atoms with Gasteiger partial charge in [0.25, 0.3) is 0 Å². The van der Waals surface area contributed by atoms with Crippen LogP contribution in [0, 0.1) is 0 Å². The Morgan fingerprint density at radius 3 is 2.24 bits per heavy atom. The Morgan fingerprint density at radius 2 is 1.79 bits per heavy atom. The largest absolute Gasteiger partial charge is 0.394 e. The van der Waals surface area contributed by atoms with E-state index >= 15 is 0 Å². The highest BCUT2D eigenvalue weighted by Crippen LogP contribution is 2.29. The zero-order chi connectivity index (χ0) is 22.2. The van der Waals surface area contributed by atoms with E-state index in [4.69, 9.17) is 4.74 Å². The summed E-state index contributed by atoms with van der Waals surface area (Å²) in [7, 11) is 0. The summed E-state index contributed by atoms with van der Waals surface area (Å²) < 4.78 is 5.06. The molecule has 3 unspecified atom stereocenters. The van der Waals surface area contributed by atoms with Crippen LogP contribution in [-0.4, -0.2) is 76.0 Å². The Morgan fingerprint density at radius 1 is 1.17 bits per heavy atom. The Labute approximate surface area is 171 Å². The smallest absolute Gasteiger partial charge is 0.245 e. The molecule has 1 rings (SSSR count). The van der Waals surface area contributed by atoms with Gasteiger partial charge in [0.2, 0.25) is 11.8 Å². The molecule has 1 saturated heterocycles. The van der Waals surface area contributed by atoms with E-state index in [2.05, 4.69) is 17.2 Å². The van der Waals surface area contributed by atoms with Crippen LogP contribution in [0.2, 0.25) is 0 Å². The SMILES string of the molecule is C=C(C)CC(NC(=O)C(CO)NC(=O)CCCCC(C)(C)O)C(=O)C1(CO)CO1. The summed E-state index contributed by atoms with van der Waals surface area (Å²) in [5.41, 5.74) is -1.45. The lowest BCUT2D eigenvalue weighted by molar-refractivity contribution is -0.134. The molecule has 0 aromatic carbocycles. The molecule has 0 aliphatic carbocycles. The molecule has 9 nitrogen and oxygen atoms in total. The minimum absolute atomic E-state index is 0.0791. The number of carbonyl (C=O) groups is 3. The standard InChI is InChI=1S/C20H34N2O7/c1-13(2)9-14(17(26)20(11-24)12-29-20)22-18(27)15(10-23)21-16(25)7-5-6-8-19(3,4)28/h14-15,23-24,28H,1,5-12H2,2-4H3,(H,21,25)(H,22,27). The van der Waals surface area contributed by atoms with E-state index in [0.717, 1.165) is 0 Å². The number of aliphatic hydroxyl groups is 3. The fraction of sp³-hybridized carbons (Fsp3) is 0.750. The maximum Gasteiger partial charge on any atom is 0.245 e. The summed E-state index contributed by atoms with van der Waals surface area (Å²) in [4.78, 5) is 37.2. The van der Waals surface area contributed by atoms with Crippen molar-refractivity contribution in [3.05, 3.63) is 12.2 Å². The fourth-order valence-corrected chi connectivity index (χ4v) is 2.85. The number of Topliss-reactive ketones (excluding diaryl/α,β-unsaturated/α-hetero) is 1. The Kier molecular flexibility index (Phi) is 9.41. The maximum atomic E-state index is 12.6. The Hall–Kier alpha value is -1.81. The van der Waals surface area contributed by atoms with Crippen molar-refractivity contribution in [1.29, 1.82) is 0 Å². The minimum Gasteiger partial charge on any atom is -0.394 e. The van der Waals surface area contributed by atoms with Gasteiger partial charge in [-0.15, -0.1) is 6.58 Å².